The van der Waals surface area contributed by atoms with Crippen LogP contribution in [0.1, 0.15) is 60.8 Å². The molecule has 0 radical (unpaired) electrons. The summed E-state index contributed by atoms with van der Waals surface area (Å²) in [5.41, 5.74) is 6.48. The lowest BCUT2D eigenvalue weighted by atomic mass is 9.74. The number of hydrogen-bond donors (Lipinski definition) is 1. The molecule has 1 aliphatic heterocycles. The molecule has 2 bridgehead atoms. The van der Waals surface area contributed by atoms with Crippen LogP contribution in [0, 0.1) is 5.92 Å². The molecule has 2 aliphatic carbocycles. The van der Waals surface area contributed by atoms with Crippen LogP contribution in [0.2, 0.25) is 0 Å². The van der Waals surface area contributed by atoms with E-state index in [-0.39, 0.29) is 11.5 Å². The highest BCUT2D eigenvalue weighted by Gasteiger charge is 2.53. The smallest absolute Gasteiger partial charge is 0.0514 e. The van der Waals surface area contributed by atoms with Crippen molar-refractivity contribution in [1.29, 1.82) is 0 Å². The molecule has 3 aliphatic rings. The van der Waals surface area contributed by atoms with Gasteiger partial charge in [-0.25, -0.2) is 0 Å². The summed E-state index contributed by atoms with van der Waals surface area (Å²) in [7, 11) is 0. The number of benzene rings is 2. The van der Waals surface area contributed by atoms with Crippen molar-refractivity contribution in [3.05, 3.63) is 70.8 Å². The number of aliphatic hydroxyl groups excluding tert-OH is 1. The average molecular weight is 348 g/mol. The first kappa shape index (κ1) is 16.5. The van der Waals surface area contributed by atoms with E-state index in [1.165, 1.54) is 32.4 Å². The molecular weight excluding hydrogens is 318 g/mol. The minimum absolute atomic E-state index is 0.158. The Morgan fingerprint density at radius 1 is 1.00 bits per heavy atom. The molecule has 0 saturated carbocycles. The van der Waals surface area contributed by atoms with Gasteiger partial charge in [-0.2, -0.15) is 0 Å². The Hall–Kier alpha value is -1.64. The van der Waals surface area contributed by atoms with E-state index < -0.39 is 0 Å². The first-order valence-electron chi connectivity index (χ1n) is 10.3. The maximum atomic E-state index is 9.69. The molecule has 2 heteroatoms. The van der Waals surface area contributed by atoms with Gasteiger partial charge in [-0.1, -0.05) is 48.5 Å². The molecule has 1 N–H and O–H groups in total. The predicted octanol–water partition coefficient (Wildman–Crippen LogP) is 4.30. The maximum Gasteiger partial charge on any atom is 0.0514 e. The largest absolute Gasteiger partial charge is 0.393 e. The average Bonchev–Trinajstić information content (AvgIpc) is 3.15. The van der Waals surface area contributed by atoms with Gasteiger partial charge >= 0.3 is 0 Å². The summed E-state index contributed by atoms with van der Waals surface area (Å²) in [5.74, 6) is 1.29. The molecule has 2 nitrogen and oxygen atoms in total. The minimum Gasteiger partial charge on any atom is -0.393 e. The fraction of sp³-hybridized carbons (Fsp3) is 0.500. The van der Waals surface area contributed by atoms with E-state index in [1.807, 2.05) is 6.92 Å². The first-order chi connectivity index (χ1) is 12.7. The summed E-state index contributed by atoms with van der Waals surface area (Å²) >= 11 is 0. The van der Waals surface area contributed by atoms with Crippen molar-refractivity contribution in [2.75, 3.05) is 19.6 Å². The van der Waals surface area contributed by atoms with Crippen molar-refractivity contribution in [1.82, 2.24) is 4.90 Å². The van der Waals surface area contributed by atoms with E-state index in [2.05, 4.69) is 53.4 Å². The molecule has 2 aromatic rings. The van der Waals surface area contributed by atoms with Crippen molar-refractivity contribution >= 4 is 0 Å². The lowest BCUT2D eigenvalue weighted by molar-refractivity contribution is 0.110. The van der Waals surface area contributed by atoms with Gasteiger partial charge in [-0.3, -0.25) is 0 Å². The van der Waals surface area contributed by atoms with Crippen molar-refractivity contribution in [3.8, 4) is 0 Å². The highest BCUT2D eigenvalue weighted by atomic mass is 16.3. The van der Waals surface area contributed by atoms with Gasteiger partial charge in [0.25, 0.3) is 0 Å². The number of fused-ring (bicyclic) bond motifs is 8. The normalized spacial score (nSPS) is 28.8. The molecule has 0 aromatic heterocycles. The second-order valence-electron chi connectivity index (χ2n) is 8.82. The van der Waals surface area contributed by atoms with Gasteiger partial charge in [0.1, 0.15) is 0 Å². The summed E-state index contributed by atoms with van der Waals surface area (Å²) in [5, 5.41) is 9.69. The molecular formula is C24H29NO. The Morgan fingerprint density at radius 2 is 1.58 bits per heavy atom. The quantitative estimate of drug-likeness (QED) is 0.891. The lowest BCUT2D eigenvalue weighted by Crippen LogP contribution is -2.44. The van der Waals surface area contributed by atoms with E-state index in [4.69, 9.17) is 0 Å². The summed E-state index contributed by atoms with van der Waals surface area (Å²) in [6, 6.07) is 18.3. The van der Waals surface area contributed by atoms with E-state index in [1.54, 1.807) is 22.3 Å². The van der Waals surface area contributed by atoms with Gasteiger partial charge in [-0.15, -0.1) is 0 Å². The topological polar surface area (TPSA) is 23.5 Å². The van der Waals surface area contributed by atoms with Crippen molar-refractivity contribution in [2.45, 2.75) is 50.0 Å². The Labute approximate surface area is 156 Å². The fourth-order valence-corrected chi connectivity index (χ4v) is 6.05. The Balaban J connectivity index is 1.43. The van der Waals surface area contributed by atoms with Crippen LogP contribution in [-0.2, 0) is 5.41 Å². The highest BCUT2D eigenvalue weighted by Crippen LogP contribution is 2.60. The summed E-state index contributed by atoms with van der Waals surface area (Å²) in [6.45, 7) is 5.43. The van der Waals surface area contributed by atoms with Gasteiger partial charge in [0.05, 0.1) is 6.10 Å². The molecule has 0 amide bonds. The lowest BCUT2D eigenvalue weighted by Gasteiger charge is -2.40. The second kappa shape index (κ2) is 6.21. The Kier molecular flexibility index (Phi) is 3.95. The van der Waals surface area contributed by atoms with Crippen LogP contribution in [0.4, 0.5) is 0 Å². The highest BCUT2D eigenvalue weighted by molar-refractivity contribution is 5.62. The molecule has 136 valence electrons. The second-order valence-corrected chi connectivity index (χ2v) is 8.82. The van der Waals surface area contributed by atoms with Gasteiger partial charge in [-0.05, 0) is 73.9 Å². The Bertz CT molecular complexity index is 756. The molecule has 1 heterocycles. The zero-order valence-corrected chi connectivity index (χ0v) is 15.7. The third-order valence-corrected chi connectivity index (χ3v) is 7.13. The molecule has 0 spiro atoms. The summed E-state index contributed by atoms with van der Waals surface area (Å²) in [4.78, 5) is 2.69. The van der Waals surface area contributed by atoms with Gasteiger partial charge in [0.2, 0.25) is 0 Å². The van der Waals surface area contributed by atoms with E-state index in [9.17, 15) is 5.11 Å². The molecule has 1 unspecified atom stereocenters. The number of likely N-dealkylation sites (tertiary alicyclic amines) is 1. The monoisotopic (exact) mass is 347 g/mol. The third kappa shape index (κ3) is 2.46. The van der Waals surface area contributed by atoms with Crippen LogP contribution in [-0.4, -0.2) is 35.7 Å². The fourth-order valence-electron chi connectivity index (χ4n) is 6.05. The summed E-state index contributed by atoms with van der Waals surface area (Å²) in [6.07, 6.45) is 4.52. The number of aliphatic hydroxyl groups is 1. The van der Waals surface area contributed by atoms with Crippen LogP contribution in [0.25, 0.3) is 0 Å². The van der Waals surface area contributed by atoms with Crippen molar-refractivity contribution < 1.29 is 5.11 Å². The molecule has 1 fully saturated rings. The number of hydrogen-bond acceptors (Lipinski definition) is 2. The minimum atomic E-state index is -0.158. The van der Waals surface area contributed by atoms with Crippen LogP contribution < -0.4 is 0 Å². The number of rotatable bonds is 4. The van der Waals surface area contributed by atoms with Gasteiger partial charge < -0.3 is 10.0 Å². The number of piperidine rings is 1. The van der Waals surface area contributed by atoms with E-state index >= 15 is 0 Å². The van der Waals surface area contributed by atoms with Crippen LogP contribution in [0.15, 0.2) is 48.5 Å². The molecule has 1 saturated heterocycles. The van der Waals surface area contributed by atoms with E-state index in [0.717, 1.165) is 13.0 Å². The molecule has 2 aromatic carbocycles. The zero-order chi connectivity index (χ0) is 17.7. The van der Waals surface area contributed by atoms with Gasteiger partial charge in [0, 0.05) is 17.9 Å². The van der Waals surface area contributed by atoms with Gasteiger partial charge in [0.15, 0.2) is 0 Å². The van der Waals surface area contributed by atoms with Crippen LogP contribution in [0.3, 0.4) is 0 Å². The van der Waals surface area contributed by atoms with Crippen molar-refractivity contribution in [3.63, 3.8) is 0 Å². The predicted molar refractivity (Wildman–Crippen MR) is 106 cm³/mol. The maximum absolute atomic E-state index is 9.69. The SMILES string of the molecule is CC(O)CC1CCN(CC23CC(c4ccccc42)c2ccccc23)CC1. The standard InChI is InChI=1S/C24H29NO/c1-17(26)14-18-10-12-25(13-11-18)16-24-15-21(19-6-2-4-8-22(19)24)20-7-3-5-9-23(20)24/h2-9,17-18,21,26H,10-16H2,1H3. The van der Waals surface area contributed by atoms with Crippen LogP contribution in [0.5, 0.6) is 0 Å². The third-order valence-electron chi connectivity index (χ3n) is 7.13. The van der Waals surface area contributed by atoms with E-state index in [0.29, 0.717) is 11.8 Å². The first-order valence-corrected chi connectivity index (χ1v) is 10.3. The summed E-state index contributed by atoms with van der Waals surface area (Å²) < 4.78 is 0. The van der Waals surface area contributed by atoms with Crippen LogP contribution >= 0.6 is 0 Å². The zero-order valence-electron chi connectivity index (χ0n) is 15.7. The number of nitrogens with zero attached hydrogens (tertiary/aromatic N) is 1. The molecule has 5 rings (SSSR count). The molecule has 26 heavy (non-hydrogen) atoms. The molecule has 1 atom stereocenters. The van der Waals surface area contributed by atoms with Crippen molar-refractivity contribution in [2.24, 2.45) is 5.92 Å². The Morgan fingerprint density at radius 3 is 2.15 bits per heavy atom.